The Hall–Kier alpha value is -1.98. The van der Waals surface area contributed by atoms with E-state index in [1.54, 1.807) is 14.2 Å². The Morgan fingerprint density at radius 1 is 0.950 bits per heavy atom. The quantitative estimate of drug-likeness (QED) is 0.780. The number of nitrogens with zero attached hydrogens (tertiary/aromatic N) is 1. The third-order valence-corrected chi connectivity index (χ3v) is 3.88. The fourth-order valence-electron chi connectivity index (χ4n) is 3.04. The molecule has 2 aliphatic rings. The average molecular weight is 273 g/mol. The van der Waals surface area contributed by atoms with Crippen LogP contribution in [0.5, 0.6) is 0 Å². The van der Waals surface area contributed by atoms with Gasteiger partial charge in [-0.1, -0.05) is 24.3 Å². The van der Waals surface area contributed by atoms with Gasteiger partial charge in [-0.05, 0) is 11.1 Å². The Morgan fingerprint density at radius 3 is 2.10 bits per heavy atom. The van der Waals surface area contributed by atoms with E-state index in [4.69, 9.17) is 9.47 Å². The molecule has 0 N–H and O–H groups in total. The Labute approximate surface area is 116 Å². The monoisotopic (exact) mass is 273 g/mol. The van der Waals surface area contributed by atoms with Crippen molar-refractivity contribution in [2.45, 2.75) is 18.2 Å². The number of ether oxygens (including phenoxy) is 2. The van der Waals surface area contributed by atoms with Crippen molar-refractivity contribution in [1.29, 1.82) is 0 Å². The van der Waals surface area contributed by atoms with Gasteiger partial charge >= 0.3 is 0 Å². The summed E-state index contributed by atoms with van der Waals surface area (Å²) in [4.78, 5) is 25.2. The molecule has 2 amide bonds. The van der Waals surface area contributed by atoms with Crippen molar-refractivity contribution < 1.29 is 19.1 Å². The minimum Gasteiger partial charge on any atom is -0.376 e. The van der Waals surface area contributed by atoms with Gasteiger partial charge in [-0.2, -0.15) is 0 Å². The van der Waals surface area contributed by atoms with Crippen LogP contribution in [0, 0.1) is 0 Å². The molecule has 0 unspecified atom stereocenters. The highest BCUT2D eigenvalue weighted by atomic mass is 16.5. The molecule has 0 saturated carbocycles. The largest absolute Gasteiger partial charge is 0.376 e. The summed E-state index contributed by atoms with van der Waals surface area (Å²) in [5, 5.41) is 0. The van der Waals surface area contributed by atoms with Crippen LogP contribution < -0.4 is 0 Å². The van der Waals surface area contributed by atoms with E-state index >= 15 is 0 Å². The first-order valence-electron chi connectivity index (χ1n) is 6.38. The van der Waals surface area contributed by atoms with Crippen molar-refractivity contribution in [3.05, 3.63) is 47.5 Å². The smallest absolute Gasteiger partial charge is 0.254 e. The molecule has 0 bridgehead atoms. The zero-order chi connectivity index (χ0) is 14.3. The molecule has 1 aromatic carbocycles. The molecule has 1 heterocycles. The summed E-state index contributed by atoms with van der Waals surface area (Å²) in [6, 6.07) is 7.19. The highest BCUT2D eigenvalue weighted by Crippen LogP contribution is 2.46. The zero-order valence-electron chi connectivity index (χ0n) is 11.3. The van der Waals surface area contributed by atoms with Crippen LogP contribution in [0.1, 0.15) is 23.3 Å². The summed E-state index contributed by atoms with van der Waals surface area (Å²) in [5.74, 6) is -0.623. The van der Waals surface area contributed by atoms with Gasteiger partial charge in [0.2, 0.25) is 0 Å². The lowest BCUT2D eigenvalue weighted by molar-refractivity contribution is -0.145. The van der Waals surface area contributed by atoms with Crippen molar-refractivity contribution in [3.63, 3.8) is 0 Å². The highest BCUT2D eigenvalue weighted by Gasteiger charge is 2.48. The third kappa shape index (κ3) is 1.71. The number of hydrogen-bond acceptors (Lipinski definition) is 4. The maximum atomic E-state index is 12.0. The summed E-state index contributed by atoms with van der Waals surface area (Å²) >= 11 is 0. The zero-order valence-corrected chi connectivity index (χ0v) is 11.3. The SMILES string of the molecule is CO[C@@H]1[C@@H](OC)c2ccccc2[C@@H]1N1C(=O)C=CC1=O. The lowest BCUT2D eigenvalue weighted by atomic mass is 10.1. The fourth-order valence-corrected chi connectivity index (χ4v) is 3.04. The van der Waals surface area contributed by atoms with Crippen LogP contribution in [0.3, 0.4) is 0 Å². The average Bonchev–Trinajstić information content (AvgIpc) is 2.95. The molecule has 3 atom stereocenters. The van der Waals surface area contributed by atoms with Crippen LogP contribution >= 0.6 is 0 Å². The predicted octanol–water partition coefficient (Wildman–Crippen LogP) is 1.37. The standard InChI is InChI=1S/C15H15NO4/c1-19-14-10-6-4-3-5-9(10)13(15(14)20-2)16-11(17)7-8-12(16)18/h3-8,13-15H,1-2H3/t13-,14-,15-/m0/s1. The number of fused-ring (bicyclic) bond motifs is 1. The molecular weight excluding hydrogens is 258 g/mol. The number of carbonyl (C=O) groups is 2. The number of imide groups is 1. The van der Waals surface area contributed by atoms with Crippen molar-refractivity contribution in [2.75, 3.05) is 14.2 Å². The first kappa shape index (κ1) is 13.0. The van der Waals surface area contributed by atoms with Crippen LogP contribution in [-0.2, 0) is 19.1 Å². The first-order chi connectivity index (χ1) is 9.69. The molecule has 1 aliphatic carbocycles. The summed E-state index contributed by atoms with van der Waals surface area (Å²) < 4.78 is 11.0. The Balaban J connectivity index is 2.09. The van der Waals surface area contributed by atoms with E-state index in [-0.39, 0.29) is 17.9 Å². The molecule has 0 saturated heterocycles. The van der Waals surface area contributed by atoms with Crippen molar-refractivity contribution >= 4 is 11.8 Å². The topological polar surface area (TPSA) is 55.8 Å². The molecule has 104 valence electrons. The minimum atomic E-state index is -0.448. The van der Waals surface area contributed by atoms with E-state index in [2.05, 4.69) is 0 Å². The number of amides is 2. The lowest BCUT2D eigenvalue weighted by Gasteiger charge is -2.29. The van der Waals surface area contributed by atoms with E-state index in [1.807, 2.05) is 24.3 Å². The number of rotatable bonds is 3. The minimum absolute atomic E-state index is 0.289. The van der Waals surface area contributed by atoms with Crippen molar-refractivity contribution in [1.82, 2.24) is 4.90 Å². The van der Waals surface area contributed by atoms with Crippen molar-refractivity contribution in [2.24, 2.45) is 0 Å². The van der Waals surface area contributed by atoms with Gasteiger partial charge in [-0.3, -0.25) is 14.5 Å². The third-order valence-electron chi connectivity index (χ3n) is 3.88. The maximum absolute atomic E-state index is 12.0. The van der Waals surface area contributed by atoms with Gasteiger partial charge in [-0.25, -0.2) is 0 Å². The molecule has 0 radical (unpaired) electrons. The van der Waals surface area contributed by atoms with Crippen molar-refractivity contribution in [3.8, 4) is 0 Å². The van der Waals surface area contributed by atoms with Crippen LogP contribution in [0.25, 0.3) is 0 Å². The van der Waals surface area contributed by atoms with E-state index in [0.29, 0.717) is 0 Å². The molecule has 20 heavy (non-hydrogen) atoms. The van der Waals surface area contributed by atoms with Gasteiger partial charge < -0.3 is 9.47 Å². The van der Waals surface area contributed by atoms with Crippen LogP contribution in [0.15, 0.2) is 36.4 Å². The number of hydrogen-bond donors (Lipinski definition) is 0. The Morgan fingerprint density at radius 2 is 1.55 bits per heavy atom. The molecular formula is C15H15NO4. The van der Waals surface area contributed by atoms with E-state index < -0.39 is 12.1 Å². The lowest BCUT2D eigenvalue weighted by Crippen LogP contribution is -2.40. The van der Waals surface area contributed by atoms with Gasteiger partial charge in [0.05, 0.1) is 6.04 Å². The molecule has 1 aromatic rings. The molecule has 5 heteroatoms. The predicted molar refractivity (Wildman–Crippen MR) is 70.7 cm³/mol. The Kier molecular flexibility index (Phi) is 3.16. The first-order valence-corrected chi connectivity index (χ1v) is 6.38. The molecule has 1 aliphatic heterocycles. The van der Waals surface area contributed by atoms with E-state index in [0.717, 1.165) is 11.1 Å². The van der Waals surface area contributed by atoms with Crippen LogP contribution in [-0.4, -0.2) is 37.0 Å². The van der Waals surface area contributed by atoms with E-state index in [1.165, 1.54) is 17.1 Å². The fraction of sp³-hybridized carbons (Fsp3) is 0.333. The number of carbonyl (C=O) groups excluding carboxylic acids is 2. The normalized spacial score (nSPS) is 28.3. The molecule has 0 aromatic heterocycles. The summed E-state index contributed by atoms with van der Waals surface area (Å²) in [6.45, 7) is 0. The van der Waals surface area contributed by atoms with Gasteiger partial charge in [-0.15, -0.1) is 0 Å². The molecule has 0 spiro atoms. The van der Waals surface area contributed by atoms with Crippen LogP contribution in [0.4, 0.5) is 0 Å². The Bertz CT molecular complexity index is 577. The number of benzene rings is 1. The maximum Gasteiger partial charge on any atom is 0.254 e. The van der Waals surface area contributed by atoms with Gasteiger partial charge in [0.15, 0.2) is 0 Å². The van der Waals surface area contributed by atoms with Gasteiger partial charge in [0.1, 0.15) is 12.2 Å². The summed E-state index contributed by atoms with van der Waals surface area (Å²) in [5.41, 5.74) is 1.86. The molecule has 0 fully saturated rings. The summed E-state index contributed by atoms with van der Waals surface area (Å²) in [7, 11) is 3.16. The second-order valence-electron chi connectivity index (χ2n) is 4.81. The van der Waals surface area contributed by atoms with Crippen LogP contribution in [0.2, 0.25) is 0 Å². The van der Waals surface area contributed by atoms with E-state index in [9.17, 15) is 9.59 Å². The second-order valence-corrected chi connectivity index (χ2v) is 4.81. The molecule has 5 nitrogen and oxygen atoms in total. The molecule has 3 rings (SSSR count). The second kappa shape index (κ2) is 4.85. The summed E-state index contributed by atoms with van der Waals surface area (Å²) in [6.07, 6.45) is 1.89. The van der Waals surface area contributed by atoms with Gasteiger partial charge in [0.25, 0.3) is 11.8 Å². The van der Waals surface area contributed by atoms with Gasteiger partial charge in [0, 0.05) is 26.4 Å². The number of methoxy groups -OCH3 is 2. The highest BCUT2D eigenvalue weighted by molar-refractivity contribution is 6.13.